The van der Waals surface area contributed by atoms with Crippen LogP contribution in [0.1, 0.15) is 10.6 Å². The Labute approximate surface area is 97.3 Å². The van der Waals surface area contributed by atoms with Gasteiger partial charge in [-0.15, -0.1) is 11.3 Å². The minimum atomic E-state index is 0.323. The number of nitrogens with two attached hydrogens (primary N) is 1. The Hall–Kier alpha value is -1.69. The highest BCUT2D eigenvalue weighted by molar-refractivity contribution is 7.09. The van der Waals surface area contributed by atoms with Crippen LogP contribution >= 0.6 is 11.3 Å². The highest BCUT2D eigenvalue weighted by Gasteiger charge is 2.04. The van der Waals surface area contributed by atoms with Crippen LogP contribution < -0.4 is 10.5 Å². The highest BCUT2D eigenvalue weighted by atomic mass is 32.1. The number of aryl methyl sites for hydroxylation is 1. The molecule has 6 heteroatoms. The van der Waals surface area contributed by atoms with Gasteiger partial charge in [-0.1, -0.05) is 0 Å². The quantitative estimate of drug-likeness (QED) is 0.869. The smallest absolute Gasteiger partial charge is 0.257 e. The SMILES string of the molecule is Cc1ncsc1CCOc1nccnc1N. The molecule has 0 aliphatic heterocycles. The number of ether oxygens (including phenoxy) is 1. The van der Waals surface area contributed by atoms with E-state index in [1.165, 1.54) is 11.1 Å². The average molecular weight is 236 g/mol. The summed E-state index contributed by atoms with van der Waals surface area (Å²) >= 11 is 1.63. The molecule has 0 atom stereocenters. The number of hydrogen-bond donors (Lipinski definition) is 1. The van der Waals surface area contributed by atoms with Crippen LogP contribution in [-0.2, 0) is 6.42 Å². The lowest BCUT2D eigenvalue weighted by Crippen LogP contribution is -2.05. The second-order valence-electron chi connectivity index (χ2n) is 3.21. The lowest BCUT2D eigenvalue weighted by Gasteiger charge is -2.05. The zero-order valence-corrected chi connectivity index (χ0v) is 9.70. The Morgan fingerprint density at radius 3 is 2.81 bits per heavy atom. The first-order chi connectivity index (χ1) is 7.77. The Balaban J connectivity index is 1.89. The van der Waals surface area contributed by atoms with Crippen LogP contribution in [0.25, 0.3) is 0 Å². The van der Waals surface area contributed by atoms with Gasteiger partial charge in [0.2, 0.25) is 0 Å². The van der Waals surface area contributed by atoms with Crippen molar-refractivity contribution in [2.45, 2.75) is 13.3 Å². The number of rotatable bonds is 4. The lowest BCUT2D eigenvalue weighted by molar-refractivity contribution is 0.311. The van der Waals surface area contributed by atoms with Crippen molar-refractivity contribution in [2.24, 2.45) is 0 Å². The van der Waals surface area contributed by atoms with E-state index in [-0.39, 0.29) is 0 Å². The Morgan fingerprint density at radius 1 is 1.31 bits per heavy atom. The van der Waals surface area contributed by atoms with Crippen molar-refractivity contribution in [1.29, 1.82) is 0 Å². The fourth-order valence-corrected chi connectivity index (χ4v) is 2.02. The summed E-state index contributed by atoms with van der Waals surface area (Å²) in [6, 6.07) is 0. The summed E-state index contributed by atoms with van der Waals surface area (Å²) in [7, 11) is 0. The summed E-state index contributed by atoms with van der Waals surface area (Å²) in [5.74, 6) is 0.716. The molecule has 0 aromatic carbocycles. The van der Waals surface area contributed by atoms with Gasteiger partial charge < -0.3 is 10.5 Å². The third-order valence-corrected chi connectivity index (χ3v) is 3.10. The Bertz CT molecular complexity index is 471. The van der Waals surface area contributed by atoms with Crippen molar-refractivity contribution in [2.75, 3.05) is 12.3 Å². The predicted octanol–water partition coefficient (Wildman–Crippen LogP) is 1.45. The molecule has 2 N–H and O–H groups in total. The van der Waals surface area contributed by atoms with E-state index in [0.717, 1.165) is 12.1 Å². The number of thiazole rings is 1. The fourth-order valence-electron chi connectivity index (χ4n) is 1.25. The van der Waals surface area contributed by atoms with E-state index in [4.69, 9.17) is 10.5 Å². The van der Waals surface area contributed by atoms with E-state index in [2.05, 4.69) is 15.0 Å². The largest absolute Gasteiger partial charge is 0.475 e. The third kappa shape index (κ3) is 2.46. The molecule has 2 aromatic rings. The maximum Gasteiger partial charge on any atom is 0.257 e. The maximum atomic E-state index is 5.60. The second kappa shape index (κ2) is 4.89. The molecular formula is C10H12N4OS. The van der Waals surface area contributed by atoms with Crippen molar-refractivity contribution in [3.05, 3.63) is 28.5 Å². The molecule has 0 bridgehead atoms. The lowest BCUT2D eigenvalue weighted by atomic mass is 10.3. The molecule has 5 nitrogen and oxygen atoms in total. The van der Waals surface area contributed by atoms with Gasteiger partial charge in [-0.05, 0) is 6.92 Å². The van der Waals surface area contributed by atoms with Gasteiger partial charge >= 0.3 is 0 Å². The van der Waals surface area contributed by atoms with E-state index in [0.29, 0.717) is 18.3 Å². The van der Waals surface area contributed by atoms with Gasteiger partial charge in [-0.25, -0.2) is 15.0 Å². The minimum Gasteiger partial charge on any atom is -0.475 e. The van der Waals surface area contributed by atoms with E-state index in [1.807, 2.05) is 12.4 Å². The highest BCUT2D eigenvalue weighted by Crippen LogP contribution is 2.15. The average Bonchev–Trinajstić information content (AvgIpc) is 2.67. The fraction of sp³-hybridized carbons (Fsp3) is 0.300. The number of nitrogen functional groups attached to an aromatic ring is 1. The van der Waals surface area contributed by atoms with Crippen LogP contribution in [0.5, 0.6) is 5.88 Å². The Kier molecular flexibility index (Phi) is 3.31. The summed E-state index contributed by atoms with van der Waals surface area (Å²) in [6.07, 6.45) is 3.91. The van der Waals surface area contributed by atoms with E-state index in [9.17, 15) is 0 Å². The zero-order valence-electron chi connectivity index (χ0n) is 8.88. The second-order valence-corrected chi connectivity index (χ2v) is 4.15. The van der Waals surface area contributed by atoms with Gasteiger partial charge in [0.05, 0.1) is 17.8 Å². The molecule has 0 unspecified atom stereocenters. The number of aromatic nitrogens is 3. The van der Waals surface area contributed by atoms with Crippen molar-refractivity contribution in [1.82, 2.24) is 15.0 Å². The molecule has 0 aliphatic rings. The first kappa shape index (κ1) is 10.8. The van der Waals surface area contributed by atoms with Gasteiger partial charge in [-0.2, -0.15) is 0 Å². The van der Waals surface area contributed by atoms with Gasteiger partial charge in [0, 0.05) is 23.7 Å². The predicted molar refractivity (Wildman–Crippen MR) is 62.5 cm³/mol. The monoisotopic (exact) mass is 236 g/mol. The molecule has 0 amide bonds. The molecule has 0 radical (unpaired) electrons. The van der Waals surface area contributed by atoms with Crippen LogP contribution in [-0.4, -0.2) is 21.6 Å². The van der Waals surface area contributed by atoms with Gasteiger partial charge in [0.25, 0.3) is 5.88 Å². The van der Waals surface area contributed by atoms with Crippen LogP contribution in [0.3, 0.4) is 0 Å². The standard InChI is InChI=1S/C10H12N4OS/c1-7-8(16-6-14-7)2-5-15-10-9(11)12-3-4-13-10/h3-4,6H,2,5H2,1H3,(H2,11,12). The zero-order chi connectivity index (χ0) is 11.4. The maximum absolute atomic E-state index is 5.60. The minimum absolute atomic E-state index is 0.323. The number of anilines is 1. The summed E-state index contributed by atoms with van der Waals surface area (Å²) in [5.41, 5.74) is 8.49. The summed E-state index contributed by atoms with van der Waals surface area (Å²) in [6.45, 7) is 2.52. The van der Waals surface area contributed by atoms with E-state index >= 15 is 0 Å². The third-order valence-electron chi connectivity index (χ3n) is 2.10. The molecule has 2 heterocycles. The normalized spacial score (nSPS) is 10.3. The van der Waals surface area contributed by atoms with Gasteiger partial charge in [-0.3, -0.25) is 0 Å². The van der Waals surface area contributed by atoms with Crippen molar-refractivity contribution in [3.8, 4) is 5.88 Å². The van der Waals surface area contributed by atoms with Crippen LogP contribution in [0.15, 0.2) is 17.9 Å². The van der Waals surface area contributed by atoms with E-state index < -0.39 is 0 Å². The van der Waals surface area contributed by atoms with Crippen molar-refractivity contribution < 1.29 is 4.74 Å². The van der Waals surface area contributed by atoms with Crippen LogP contribution in [0.2, 0.25) is 0 Å². The van der Waals surface area contributed by atoms with Crippen molar-refractivity contribution in [3.63, 3.8) is 0 Å². The first-order valence-electron chi connectivity index (χ1n) is 4.85. The molecule has 0 spiro atoms. The van der Waals surface area contributed by atoms with Gasteiger partial charge in [0.1, 0.15) is 0 Å². The molecule has 0 aliphatic carbocycles. The van der Waals surface area contributed by atoms with E-state index in [1.54, 1.807) is 17.5 Å². The number of nitrogens with zero attached hydrogens (tertiary/aromatic N) is 3. The molecule has 2 aromatic heterocycles. The molecule has 0 fully saturated rings. The first-order valence-corrected chi connectivity index (χ1v) is 5.73. The molecule has 2 rings (SSSR count). The van der Waals surface area contributed by atoms with Crippen LogP contribution in [0, 0.1) is 6.92 Å². The molecule has 16 heavy (non-hydrogen) atoms. The topological polar surface area (TPSA) is 73.9 Å². The molecule has 84 valence electrons. The summed E-state index contributed by atoms with van der Waals surface area (Å²) in [4.78, 5) is 13.3. The van der Waals surface area contributed by atoms with Crippen LogP contribution in [0.4, 0.5) is 5.82 Å². The van der Waals surface area contributed by atoms with Gasteiger partial charge in [0.15, 0.2) is 5.82 Å². The summed E-state index contributed by atoms with van der Waals surface area (Å²) < 4.78 is 5.45. The Morgan fingerprint density at radius 2 is 2.12 bits per heavy atom. The summed E-state index contributed by atoms with van der Waals surface area (Å²) in [5, 5.41) is 0. The number of hydrogen-bond acceptors (Lipinski definition) is 6. The molecule has 0 saturated carbocycles. The molecular weight excluding hydrogens is 224 g/mol. The molecule has 0 saturated heterocycles. The van der Waals surface area contributed by atoms with Crippen molar-refractivity contribution >= 4 is 17.2 Å².